The number of β-amino-alcohol motifs (C(OH)–C–C–N with tert-alkyl or cyclic N) is 1. The summed E-state index contributed by atoms with van der Waals surface area (Å²) >= 11 is 0. The Labute approximate surface area is 171 Å². The van der Waals surface area contributed by atoms with E-state index < -0.39 is 17.3 Å². The molecule has 1 aliphatic rings. The van der Waals surface area contributed by atoms with Gasteiger partial charge in [-0.25, -0.2) is 15.0 Å². The van der Waals surface area contributed by atoms with Crippen LogP contribution in [-0.2, 0) is 18.1 Å². The number of nitrogens with zero attached hydrogens (tertiary/aromatic N) is 6. The summed E-state index contributed by atoms with van der Waals surface area (Å²) in [4.78, 5) is 15.7. The summed E-state index contributed by atoms with van der Waals surface area (Å²) < 4.78 is 41.3. The van der Waals surface area contributed by atoms with Crippen molar-refractivity contribution in [1.29, 1.82) is 0 Å². The summed E-state index contributed by atoms with van der Waals surface area (Å²) in [5.41, 5.74) is -1.16. The maximum Gasteiger partial charge on any atom is 0.419 e. The molecule has 0 saturated carbocycles. The lowest BCUT2D eigenvalue weighted by atomic mass is 9.96. The van der Waals surface area contributed by atoms with Gasteiger partial charge in [-0.15, -0.1) is 0 Å². The third-order valence-electron chi connectivity index (χ3n) is 5.22. The van der Waals surface area contributed by atoms with E-state index in [9.17, 15) is 18.3 Å². The number of imidazole rings is 1. The van der Waals surface area contributed by atoms with Crippen LogP contribution in [0.5, 0.6) is 0 Å². The number of hydrogen-bond donors (Lipinski definition) is 2. The number of nitrogens with one attached hydrogen (secondary N) is 1. The van der Waals surface area contributed by atoms with Crippen LogP contribution in [0, 0.1) is 0 Å². The Bertz CT molecular complexity index is 1080. The van der Waals surface area contributed by atoms with Gasteiger partial charge in [0, 0.05) is 18.5 Å². The molecular weight excluding hydrogens is 399 g/mol. The minimum absolute atomic E-state index is 0.0663. The number of aromatic nitrogens is 6. The quantitative estimate of drug-likeness (QED) is 0.673. The molecular formula is C19H24F3N7O. The van der Waals surface area contributed by atoms with Crippen molar-refractivity contribution in [2.75, 3.05) is 18.0 Å². The zero-order valence-corrected chi connectivity index (χ0v) is 17.2. The Morgan fingerprint density at radius 1 is 1.23 bits per heavy atom. The zero-order chi connectivity index (χ0) is 21.9. The van der Waals surface area contributed by atoms with Gasteiger partial charge in [0.25, 0.3) is 0 Å². The third-order valence-corrected chi connectivity index (χ3v) is 5.22. The van der Waals surface area contributed by atoms with Crippen LogP contribution < -0.4 is 4.90 Å². The fourth-order valence-corrected chi connectivity index (χ4v) is 3.57. The Morgan fingerprint density at radius 3 is 2.57 bits per heavy atom. The smallest absolute Gasteiger partial charge is 0.388 e. The molecule has 162 valence electrons. The molecule has 0 radical (unpaired) electrons. The SMILES string of the molecule is CC1(O)CCN(c2nc(C(C)(C)C)nc3c2ncn3Cc2[nH]ncc2C(F)(F)F)C1. The Hall–Kier alpha value is -2.69. The molecule has 3 aromatic rings. The summed E-state index contributed by atoms with van der Waals surface area (Å²) in [5.74, 6) is 1.14. The number of hydrogen-bond acceptors (Lipinski definition) is 6. The molecule has 4 rings (SSSR count). The highest BCUT2D eigenvalue weighted by atomic mass is 19.4. The van der Waals surface area contributed by atoms with Crippen LogP contribution in [0.4, 0.5) is 19.0 Å². The fraction of sp³-hybridized carbons (Fsp3) is 0.579. The van der Waals surface area contributed by atoms with Crippen LogP contribution in [0.2, 0.25) is 0 Å². The second-order valence-electron chi connectivity index (χ2n) is 9.09. The van der Waals surface area contributed by atoms with Gasteiger partial charge < -0.3 is 14.6 Å². The summed E-state index contributed by atoms with van der Waals surface area (Å²) in [6, 6.07) is 0. The second-order valence-corrected chi connectivity index (χ2v) is 9.09. The standard InChI is InChI=1S/C19H24F3N7O/c1-17(2,3)16-25-14(28-6-5-18(4,30)9-28)13-15(26-16)29(10-23-13)8-12-11(7-24-27-12)19(20,21)22/h7,10,30H,5-6,8-9H2,1-4H3,(H,24,27). The monoisotopic (exact) mass is 423 g/mol. The highest BCUT2D eigenvalue weighted by Crippen LogP contribution is 2.34. The number of fused-ring (bicyclic) bond motifs is 1. The number of halogens is 3. The lowest BCUT2D eigenvalue weighted by molar-refractivity contribution is -0.138. The topological polar surface area (TPSA) is 95.7 Å². The first kappa shape index (κ1) is 20.6. The van der Waals surface area contributed by atoms with Crippen molar-refractivity contribution in [3.63, 3.8) is 0 Å². The first-order chi connectivity index (χ1) is 13.9. The number of rotatable bonds is 3. The van der Waals surface area contributed by atoms with E-state index in [2.05, 4.69) is 20.2 Å². The van der Waals surface area contributed by atoms with Crippen LogP contribution in [0.1, 0.15) is 51.2 Å². The second kappa shape index (κ2) is 6.66. The predicted octanol–water partition coefficient (Wildman–Crippen LogP) is 2.88. The Kier molecular flexibility index (Phi) is 4.57. The van der Waals surface area contributed by atoms with Crippen molar-refractivity contribution in [2.24, 2.45) is 0 Å². The molecule has 1 saturated heterocycles. The molecule has 0 bridgehead atoms. The summed E-state index contributed by atoms with van der Waals surface area (Å²) in [5, 5.41) is 16.4. The third kappa shape index (κ3) is 3.73. The zero-order valence-electron chi connectivity index (χ0n) is 17.2. The molecule has 1 fully saturated rings. The van der Waals surface area contributed by atoms with E-state index in [1.165, 1.54) is 6.33 Å². The van der Waals surface area contributed by atoms with Crippen molar-refractivity contribution >= 4 is 17.0 Å². The summed E-state index contributed by atoms with van der Waals surface area (Å²) in [7, 11) is 0. The molecule has 0 amide bonds. The van der Waals surface area contributed by atoms with Gasteiger partial charge in [-0.05, 0) is 13.3 Å². The van der Waals surface area contributed by atoms with Gasteiger partial charge in [0.15, 0.2) is 17.0 Å². The number of anilines is 1. The van der Waals surface area contributed by atoms with E-state index in [0.29, 0.717) is 42.3 Å². The molecule has 0 spiro atoms. The van der Waals surface area contributed by atoms with E-state index >= 15 is 0 Å². The Balaban J connectivity index is 1.82. The van der Waals surface area contributed by atoms with Gasteiger partial charge in [-0.1, -0.05) is 20.8 Å². The first-order valence-corrected chi connectivity index (χ1v) is 9.65. The van der Waals surface area contributed by atoms with E-state index in [1.807, 2.05) is 25.7 Å². The lowest BCUT2D eigenvalue weighted by Gasteiger charge is -2.23. The van der Waals surface area contributed by atoms with E-state index in [4.69, 9.17) is 4.98 Å². The van der Waals surface area contributed by atoms with Gasteiger partial charge in [-0.3, -0.25) is 5.10 Å². The highest BCUT2D eigenvalue weighted by molar-refractivity contribution is 5.84. The van der Waals surface area contributed by atoms with Crippen molar-refractivity contribution in [3.8, 4) is 0 Å². The Morgan fingerprint density at radius 2 is 1.97 bits per heavy atom. The van der Waals surface area contributed by atoms with Gasteiger partial charge in [0.2, 0.25) is 0 Å². The van der Waals surface area contributed by atoms with Gasteiger partial charge in [-0.2, -0.15) is 18.3 Å². The predicted molar refractivity (Wildman–Crippen MR) is 104 cm³/mol. The number of aliphatic hydroxyl groups is 1. The molecule has 4 heterocycles. The lowest BCUT2D eigenvalue weighted by Crippen LogP contribution is -2.31. The minimum Gasteiger partial charge on any atom is -0.388 e. The molecule has 3 aromatic heterocycles. The number of aromatic amines is 1. The molecule has 0 aromatic carbocycles. The van der Waals surface area contributed by atoms with E-state index in [1.54, 1.807) is 11.5 Å². The highest BCUT2D eigenvalue weighted by Gasteiger charge is 2.36. The largest absolute Gasteiger partial charge is 0.419 e. The molecule has 1 atom stereocenters. The van der Waals surface area contributed by atoms with Gasteiger partial charge in [0.05, 0.1) is 35.9 Å². The molecule has 1 aliphatic heterocycles. The van der Waals surface area contributed by atoms with Crippen molar-refractivity contribution in [1.82, 2.24) is 29.7 Å². The van der Waals surface area contributed by atoms with Gasteiger partial charge in [0.1, 0.15) is 5.82 Å². The van der Waals surface area contributed by atoms with E-state index in [0.717, 1.165) is 6.20 Å². The maximum absolute atomic E-state index is 13.2. The molecule has 8 nitrogen and oxygen atoms in total. The van der Waals surface area contributed by atoms with Crippen LogP contribution in [-0.4, -0.2) is 53.5 Å². The van der Waals surface area contributed by atoms with Crippen molar-refractivity contribution in [3.05, 3.63) is 29.6 Å². The average molecular weight is 423 g/mol. The van der Waals surface area contributed by atoms with Crippen LogP contribution in [0.3, 0.4) is 0 Å². The van der Waals surface area contributed by atoms with Crippen molar-refractivity contribution < 1.29 is 18.3 Å². The van der Waals surface area contributed by atoms with Gasteiger partial charge >= 0.3 is 6.18 Å². The minimum atomic E-state index is -4.50. The summed E-state index contributed by atoms with van der Waals surface area (Å²) in [6.45, 7) is 8.57. The van der Waals surface area contributed by atoms with Crippen LogP contribution in [0.25, 0.3) is 11.2 Å². The number of alkyl halides is 3. The normalized spacial score (nSPS) is 20.5. The first-order valence-electron chi connectivity index (χ1n) is 9.65. The molecule has 1 unspecified atom stereocenters. The molecule has 11 heteroatoms. The van der Waals surface area contributed by atoms with Crippen LogP contribution >= 0.6 is 0 Å². The van der Waals surface area contributed by atoms with E-state index in [-0.39, 0.29) is 17.7 Å². The van der Waals surface area contributed by atoms with Crippen LogP contribution in [0.15, 0.2) is 12.5 Å². The molecule has 0 aliphatic carbocycles. The molecule has 2 N–H and O–H groups in total. The maximum atomic E-state index is 13.2. The fourth-order valence-electron chi connectivity index (χ4n) is 3.57. The average Bonchev–Trinajstić information content (AvgIpc) is 3.32. The number of H-pyrrole nitrogens is 1. The summed E-state index contributed by atoms with van der Waals surface area (Å²) in [6.07, 6.45) is -1.67. The van der Waals surface area contributed by atoms with Crippen molar-refractivity contribution in [2.45, 2.75) is 57.9 Å². The molecule has 30 heavy (non-hydrogen) atoms.